The molecule has 4 nitrogen and oxygen atoms in total. The number of aromatic nitrogens is 2. The molecule has 0 unspecified atom stereocenters. The lowest BCUT2D eigenvalue weighted by atomic mass is 10.1. The Morgan fingerprint density at radius 2 is 1.71 bits per heavy atom. The van der Waals surface area contributed by atoms with Crippen molar-refractivity contribution < 1.29 is 9.47 Å². The Labute approximate surface area is 130 Å². The number of hydrogen-bond acceptors (Lipinski definition) is 4. The zero-order valence-electron chi connectivity index (χ0n) is 12.9. The fraction of sp³-hybridized carbons (Fsp3) is 0.375. The summed E-state index contributed by atoms with van der Waals surface area (Å²) in [7, 11) is 3.22. The molecular formula is C16H19ClN2O2. The van der Waals surface area contributed by atoms with Crippen LogP contribution in [-0.2, 0) is 0 Å². The molecular weight excluding hydrogens is 288 g/mol. The Bertz CT molecular complexity index is 657. The molecule has 0 aliphatic carbocycles. The molecule has 0 atom stereocenters. The highest BCUT2D eigenvalue weighted by Gasteiger charge is 2.15. The highest BCUT2D eigenvalue weighted by molar-refractivity contribution is 6.30. The summed E-state index contributed by atoms with van der Waals surface area (Å²) in [6, 6.07) is 5.70. The molecule has 0 fully saturated rings. The van der Waals surface area contributed by atoms with E-state index in [4.69, 9.17) is 21.1 Å². The van der Waals surface area contributed by atoms with Crippen molar-refractivity contribution in [1.82, 2.24) is 9.97 Å². The smallest absolute Gasteiger partial charge is 0.161 e. The van der Waals surface area contributed by atoms with Crippen LogP contribution in [0.5, 0.6) is 11.5 Å². The molecule has 0 amide bonds. The minimum Gasteiger partial charge on any atom is -0.493 e. The molecule has 112 valence electrons. The van der Waals surface area contributed by atoms with Crippen LogP contribution in [0, 0.1) is 6.92 Å². The molecule has 0 bridgehead atoms. The fourth-order valence-corrected chi connectivity index (χ4v) is 2.20. The Kier molecular flexibility index (Phi) is 4.68. The third-order valence-corrected chi connectivity index (χ3v) is 3.65. The molecule has 0 aliphatic heterocycles. The maximum atomic E-state index is 6.24. The van der Waals surface area contributed by atoms with Crippen LogP contribution in [-0.4, -0.2) is 24.2 Å². The van der Waals surface area contributed by atoms with Gasteiger partial charge in [-0.2, -0.15) is 0 Å². The van der Waals surface area contributed by atoms with Crippen LogP contribution in [0.3, 0.4) is 0 Å². The average Bonchev–Trinajstić information content (AvgIpc) is 2.48. The van der Waals surface area contributed by atoms with Gasteiger partial charge in [-0.25, -0.2) is 9.97 Å². The molecule has 0 N–H and O–H groups in total. The van der Waals surface area contributed by atoms with Crippen molar-refractivity contribution in [2.24, 2.45) is 0 Å². The van der Waals surface area contributed by atoms with E-state index in [0.29, 0.717) is 16.7 Å². The van der Waals surface area contributed by atoms with Gasteiger partial charge in [0.05, 0.1) is 19.9 Å². The van der Waals surface area contributed by atoms with Gasteiger partial charge in [-0.1, -0.05) is 25.4 Å². The van der Waals surface area contributed by atoms with Gasteiger partial charge >= 0.3 is 0 Å². The van der Waals surface area contributed by atoms with Gasteiger partial charge in [0.1, 0.15) is 11.0 Å². The predicted molar refractivity (Wildman–Crippen MR) is 84.4 cm³/mol. The van der Waals surface area contributed by atoms with E-state index < -0.39 is 0 Å². The topological polar surface area (TPSA) is 44.2 Å². The van der Waals surface area contributed by atoms with Gasteiger partial charge in [0.15, 0.2) is 11.5 Å². The van der Waals surface area contributed by atoms with Crippen LogP contribution in [0.1, 0.15) is 31.2 Å². The summed E-state index contributed by atoms with van der Waals surface area (Å²) in [6.07, 6.45) is 0. The first kappa shape index (κ1) is 15.6. The summed E-state index contributed by atoms with van der Waals surface area (Å²) in [5.74, 6) is 2.29. The van der Waals surface area contributed by atoms with Gasteiger partial charge in [-0.15, -0.1) is 0 Å². The largest absolute Gasteiger partial charge is 0.493 e. The standard InChI is InChI=1S/C16H19ClN2O2/c1-9(2)16-18-14(10(3)15(17)19-16)11-6-7-12(20-4)13(8-11)21-5/h6-9H,1-5H3. The van der Waals surface area contributed by atoms with Gasteiger partial charge in [0.2, 0.25) is 0 Å². The second-order valence-electron chi connectivity index (χ2n) is 5.07. The lowest BCUT2D eigenvalue weighted by Gasteiger charge is -2.13. The van der Waals surface area contributed by atoms with Crippen LogP contribution < -0.4 is 9.47 Å². The first-order valence-electron chi connectivity index (χ1n) is 6.74. The summed E-state index contributed by atoms with van der Waals surface area (Å²) in [5, 5.41) is 0.485. The van der Waals surface area contributed by atoms with Gasteiger partial charge in [0, 0.05) is 17.0 Å². The molecule has 0 saturated heterocycles. The molecule has 1 aromatic carbocycles. The molecule has 0 aliphatic rings. The Hall–Kier alpha value is -1.81. The Balaban J connectivity index is 2.60. The summed E-state index contributed by atoms with van der Waals surface area (Å²) < 4.78 is 10.6. The Morgan fingerprint density at radius 3 is 2.29 bits per heavy atom. The van der Waals surface area contributed by atoms with E-state index in [-0.39, 0.29) is 5.92 Å². The minimum absolute atomic E-state index is 0.210. The summed E-state index contributed by atoms with van der Waals surface area (Å²) in [6.45, 7) is 6.00. The van der Waals surface area contributed by atoms with E-state index in [0.717, 1.165) is 22.6 Å². The molecule has 5 heteroatoms. The van der Waals surface area contributed by atoms with Gasteiger partial charge in [-0.05, 0) is 25.1 Å². The van der Waals surface area contributed by atoms with Crippen LogP contribution >= 0.6 is 11.6 Å². The predicted octanol–water partition coefficient (Wildman–Crippen LogP) is 4.25. The van der Waals surface area contributed by atoms with Crippen LogP contribution in [0.4, 0.5) is 0 Å². The van der Waals surface area contributed by atoms with Crippen LogP contribution in [0.2, 0.25) is 5.15 Å². The van der Waals surface area contributed by atoms with Crippen molar-refractivity contribution in [3.63, 3.8) is 0 Å². The number of halogens is 1. The van der Waals surface area contributed by atoms with E-state index >= 15 is 0 Å². The average molecular weight is 307 g/mol. The maximum absolute atomic E-state index is 6.24. The van der Waals surface area contributed by atoms with Crippen molar-refractivity contribution >= 4 is 11.6 Å². The highest BCUT2D eigenvalue weighted by Crippen LogP contribution is 2.34. The number of benzene rings is 1. The minimum atomic E-state index is 0.210. The van der Waals surface area contributed by atoms with Crippen LogP contribution in [0.25, 0.3) is 11.3 Å². The normalized spacial score (nSPS) is 10.8. The fourth-order valence-electron chi connectivity index (χ4n) is 2.03. The molecule has 21 heavy (non-hydrogen) atoms. The molecule has 0 spiro atoms. The van der Waals surface area contributed by atoms with Gasteiger partial charge in [-0.3, -0.25) is 0 Å². The third kappa shape index (κ3) is 3.10. The molecule has 0 radical (unpaired) electrons. The van der Waals surface area contributed by atoms with E-state index in [1.165, 1.54) is 0 Å². The van der Waals surface area contributed by atoms with Crippen molar-refractivity contribution in [3.05, 3.63) is 34.7 Å². The number of methoxy groups -OCH3 is 2. The Morgan fingerprint density at radius 1 is 1.05 bits per heavy atom. The van der Waals surface area contributed by atoms with Crippen molar-refractivity contribution in [2.45, 2.75) is 26.7 Å². The molecule has 0 saturated carbocycles. The number of rotatable bonds is 4. The lowest BCUT2D eigenvalue weighted by Crippen LogP contribution is -2.02. The summed E-state index contributed by atoms with van der Waals surface area (Å²) in [4.78, 5) is 8.97. The lowest BCUT2D eigenvalue weighted by molar-refractivity contribution is 0.355. The van der Waals surface area contributed by atoms with Gasteiger partial charge < -0.3 is 9.47 Å². The van der Waals surface area contributed by atoms with E-state index in [1.807, 2.05) is 39.0 Å². The van der Waals surface area contributed by atoms with Crippen LogP contribution in [0.15, 0.2) is 18.2 Å². The van der Waals surface area contributed by atoms with Crippen molar-refractivity contribution in [1.29, 1.82) is 0 Å². The number of ether oxygens (including phenoxy) is 2. The second kappa shape index (κ2) is 6.31. The zero-order valence-corrected chi connectivity index (χ0v) is 13.7. The van der Waals surface area contributed by atoms with E-state index in [1.54, 1.807) is 14.2 Å². The first-order valence-corrected chi connectivity index (χ1v) is 7.12. The monoisotopic (exact) mass is 306 g/mol. The quantitative estimate of drug-likeness (QED) is 0.792. The molecule has 2 aromatic rings. The zero-order chi connectivity index (χ0) is 15.6. The van der Waals surface area contributed by atoms with Gasteiger partial charge in [0.25, 0.3) is 0 Å². The van der Waals surface area contributed by atoms with E-state index in [9.17, 15) is 0 Å². The van der Waals surface area contributed by atoms with Crippen molar-refractivity contribution in [2.75, 3.05) is 14.2 Å². The summed E-state index contributed by atoms with van der Waals surface area (Å²) in [5.41, 5.74) is 2.60. The SMILES string of the molecule is COc1ccc(-c2nc(C(C)C)nc(Cl)c2C)cc1OC. The first-order chi connectivity index (χ1) is 9.97. The molecule has 1 heterocycles. The molecule has 1 aromatic heterocycles. The maximum Gasteiger partial charge on any atom is 0.161 e. The van der Waals surface area contributed by atoms with Crippen molar-refractivity contribution in [3.8, 4) is 22.8 Å². The second-order valence-corrected chi connectivity index (χ2v) is 5.43. The number of hydrogen-bond donors (Lipinski definition) is 0. The summed E-state index contributed by atoms with van der Waals surface area (Å²) >= 11 is 6.24. The number of nitrogens with zero attached hydrogens (tertiary/aromatic N) is 2. The van der Waals surface area contributed by atoms with E-state index in [2.05, 4.69) is 9.97 Å². The molecule has 2 rings (SSSR count). The highest BCUT2D eigenvalue weighted by atomic mass is 35.5. The third-order valence-electron chi connectivity index (χ3n) is 3.28.